The lowest BCUT2D eigenvalue weighted by Gasteiger charge is -2.14. The first kappa shape index (κ1) is 15.8. The molecule has 0 fully saturated rings. The zero-order valence-corrected chi connectivity index (χ0v) is 12.6. The summed E-state index contributed by atoms with van der Waals surface area (Å²) in [6.07, 6.45) is 0. The van der Waals surface area contributed by atoms with Crippen LogP contribution >= 0.6 is 0 Å². The summed E-state index contributed by atoms with van der Waals surface area (Å²) in [7, 11) is 1.51. The highest BCUT2D eigenvalue weighted by Crippen LogP contribution is 2.35. The summed E-state index contributed by atoms with van der Waals surface area (Å²) in [6, 6.07) is 7.96. The molecule has 2 aromatic carbocycles. The van der Waals surface area contributed by atoms with E-state index in [9.17, 15) is 9.18 Å². The molecule has 0 amide bonds. The maximum atomic E-state index is 13.0. The molecule has 0 heterocycles. The van der Waals surface area contributed by atoms with Gasteiger partial charge in [-0.25, -0.2) is 9.18 Å². The Bertz CT molecular complexity index is 710. The Kier molecular flexibility index (Phi) is 4.65. The number of halogens is 1. The molecule has 2 rings (SSSR count). The average molecular weight is 304 g/mol. The summed E-state index contributed by atoms with van der Waals surface area (Å²) < 4.78 is 24.0. The van der Waals surface area contributed by atoms with Crippen LogP contribution in [0.2, 0.25) is 0 Å². The summed E-state index contributed by atoms with van der Waals surface area (Å²) in [5, 5.41) is 9.02. The molecule has 116 valence electrons. The minimum atomic E-state index is -0.989. The van der Waals surface area contributed by atoms with Crippen molar-refractivity contribution < 1.29 is 23.8 Å². The van der Waals surface area contributed by atoms with Gasteiger partial charge in [-0.2, -0.15) is 0 Å². The van der Waals surface area contributed by atoms with Gasteiger partial charge in [0.25, 0.3) is 0 Å². The summed E-state index contributed by atoms with van der Waals surface area (Å²) >= 11 is 0. The minimum absolute atomic E-state index is 0.215. The molecule has 2 aromatic rings. The van der Waals surface area contributed by atoms with Crippen LogP contribution in [0.25, 0.3) is 0 Å². The monoisotopic (exact) mass is 304 g/mol. The Morgan fingerprint density at radius 2 is 1.86 bits per heavy atom. The number of carboxylic acid groups (broad SMARTS) is 1. The van der Waals surface area contributed by atoms with E-state index in [2.05, 4.69) is 0 Å². The fourth-order valence-corrected chi connectivity index (χ4v) is 2.15. The Labute approximate surface area is 128 Å². The number of aromatic carboxylic acids is 1. The maximum absolute atomic E-state index is 13.0. The van der Waals surface area contributed by atoms with Crippen LogP contribution in [0.5, 0.6) is 17.2 Å². The van der Waals surface area contributed by atoms with Crippen LogP contribution in [-0.2, 0) is 6.67 Å². The Hall–Kier alpha value is -2.56. The third-order valence-electron chi connectivity index (χ3n) is 3.42. The van der Waals surface area contributed by atoms with Crippen molar-refractivity contribution >= 4 is 5.97 Å². The number of rotatable bonds is 5. The molecule has 0 atom stereocenters. The zero-order valence-electron chi connectivity index (χ0n) is 12.6. The lowest BCUT2D eigenvalue weighted by molar-refractivity contribution is 0.0696. The zero-order chi connectivity index (χ0) is 16.3. The van der Waals surface area contributed by atoms with Crippen molar-refractivity contribution in [2.75, 3.05) is 7.11 Å². The largest absolute Gasteiger partial charge is 0.493 e. The normalized spacial score (nSPS) is 10.4. The fraction of sp³-hybridized carbons (Fsp3) is 0.235. The highest BCUT2D eigenvalue weighted by Gasteiger charge is 2.12. The molecule has 0 saturated heterocycles. The number of alkyl halides is 1. The van der Waals surface area contributed by atoms with Gasteiger partial charge >= 0.3 is 5.97 Å². The number of methoxy groups -OCH3 is 1. The van der Waals surface area contributed by atoms with E-state index in [1.54, 1.807) is 38.1 Å². The van der Waals surface area contributed by atoms with Crippen LogP contribution in [0.1, 0.15) is 27.0 Å². The number of hydrogen-bond donors (Lipinski definition) is 1. The van der Waals surface area contributed by atoms with E-state index in [4.69, 9.17) is 14.6 Å². The van der Waals surface area contributed by atoms with Crippen LogP contribution in [-0.4, -0.2) is 18.2 Å². The van der Waals surface area contributed by atoms with Gasteiger partial charge in [0.05, 0.1) is 12.7 Å². The molecule has 0 radical (unpaired) electrons. The van der Waals surface area contributed by atoms with E-state index in [1.165, 1.54) is 13.2 Å². The van der Waals surface area contributed by atoms with Gasteiger partial charge in [0, 0.05) is 0 Å². The first-order chi connectivity index (χ1) is 10.5. The van der Waals surface area contributed by atoms with Gasteiger partial charge in [-0.1, -0.05) is 0 Å². The lowest BCUT2D eigenvalue weighted by Crippen LogP contribution is -2.00. The number of aryl methyl sites for hydroxylation is 2. The third kappa shape index (κ3) is 3.19. The van der Waals surface area contributed by atoms with Gasteiger partial charge in [-0.3, -0.25) is 0 Å². The minimum Gasteiger partial charge on any atom is -0.493 e. The molecule has 22 heavy (non-hydrogen) atoms. The molecule has 0 aliphatic carbocycles. The van der Waals surface area contributed by atoms with Crippen LogP contribution in [0, 0.1) is 13.8 Å². The molecule has 0 spiro atoms. The van der Waals surface area contributed by atoms with E-state index in [-0.39, 0.29) is 5.56 Å². The highest BCUT2D eigenvalue weighted by atomic mass is 19.1. The van der Waals surface area contributed by atoms with Crippen molar-refractivity contribution in [3.05, 3.63) is 52.6 Å². The molecule has 5 heteroatoms. The summed E-state index contributed by atoms with van der Waals surface area (Å²) in [4.78, 5) is 11.0. The van der Waals surface area contributed by atoms with Crippen LogP contribution in [0.4, 0.5) is 4.39 Å². The van der Waals surface area contributed by atoms with E-state index in [0.717, 1.165) is 5.56 Å². The topological polar surface area (TPSA) is 55.8 Å². The average Bonchev–Trinajstić information content (AvgIpc) is 2.48. The smallest absolute Gasteiger partial charge is 0.335 e. The van der Waals surface area contributed by atoms with E-state index < -0.39 is 12.6 Å². The van der Waals surface area contributed by atoms with Gasteiger partial charge in [0.15, 0.2) is 11.5 Å². The Morgan fingerprint density at radius 3 is 2.41 bits per heavy atom. The van der Waals surface area contributed by atoms with Gasteiger partial charge in [0.2, 0.25) is 0 Å². The number of ether oxygens (including phenoxy) is 2. The second-order valence-corrected chi connectivity index (χ2v) is 4.95. The van der Waals surface area contributed by atoms with Crippen LogP contribution in [0.3, 0.4) is 0 Å². The van der Waals surface area contributed by atoms with Crippen molar-refractivity contribution in [1.82, 2.24) is 0 Å². The highest BCUT2D eigenvalue weighted by molar-refractivity contribution is 5.89. The molecule has 0 aliphatic heterocycles. The van der Waals surface area contributed by atoms with Gasteiger partial charge in [0.1, 0.15) is 12.4 Å². The molecule has 0 saturated carbocycles. The first-order valence-corrected chi connectivity index (χ1v) is 6.71. The predicted molar refractivity (Wildman–Crippen MR) is 80.8 cm³/mol. The molecule has 1 N–H and O–H groups in total. The maximum Gasteiger partial charge on any atom is 0.335 e. The van der Waals surface area contributed by atoms with Crippen molar-refractivity contribution in [3.63, 3.8) is 0 Å². The van der Waals surface area contributed by atoms with E-state index in [1.807, 2.05) is 0 Å². The van der Waals surface area contributed by atoms with E-state index in [0.29, 0.717) is 28.4 Å². The van der Waals surface area contributed by atoms with Gasteiger partial charge in [-0.15, -0.1) is 0 Å². The number of benzene rings is 2. The quantitative estimate of drug-likeness (QED) is 0.896. The predicted octanol–water partition coefficient (Wildman–Crippen LogP) is 4.27. The molecule has 4 nitrogen and oxygen atoms in total. The number of hydrogen-bond acceptors (Lipinski definition) is 3. The fourth-order valence-electron chi connectivity index (χ4n) is 2.15. The van der Waals surface area contributed by atoms with E-state index >= 15 is 0 Å². The van der Waals surface area contributed by atoms with Crippen molar-refractivity contribution in [3.8, 4) is 17.2 Å². The Balaban J connectivity index is 2.38. The molecule has 0 bridgehead atoms. The second-order valence-electron chi connectivity index (χ2n) is 4.95. The second kappa shape index (κ2) is 6.47. The van der Waals surface area contributed by atoms with Gasteiger partial charge < -0.3 is 14.6 Å². The molecule has 0 aromatic heterocycles. The number of carbonyl (C=O) groups is 1. The van der Waals surface area contributed by atoms with Gasteiger partial charge in [-0.05, 0) is 60.9 Å². The summed E-state index contributed by atoms with van der Waals surface area (Å²) in [5.41, 5.74) is 2.10. The third-order valence-corrected chi connectivity index (χ3v) is 3.42. The summed E-state index contributed by atoms with van der Waals surface area (Å²) in [6.45, 7) is 2.89. The van der Waals surface area contributed by atoms with Crippen molar-refractivity contribution in [2.24, 2.45) is 0 Å². The SMILES string of the molecule is COc1cc(C)c(CF)cc1Oc1ccc(C(=O)O)c(C)c1. The number of carboxylic acids is 1. The standard InChI is InChI=1S/C17H17FO4/c1-10-7-15(21-3)16(8-12(10)9-18)22-13-4-5-14(17(19)20)11(2)6-13/h4-8H,9H2,1-3H3,(H,19,20). The molecule has 0 unspecified atom stereocenters. The molecular weight excluding hydrogens is 287 g/mol. The molecular formula is C17H17FO4. The van der Waals surface area contributed by atoms with Crippen molar-refractivity contribution in [2.45, 2.75) is 20.5 Å². The molecule has 0 aliphatic rings. The van der Waals surface area contributed by atoms with Crippen LogP contribution < -0.4 is 9.47 Å². The van der Waals surface area contributed by atoms with Crippen LogP contribution in [0.15, 0.2) is 30.3 Å². The summed E-state index contributed by atoms with van der Waals surface area (Å²) in [5.74, 6) is 0.365. The Morgan fingerprint density at radius 1 is 1.14 bits per heavy atom. The lowest BCUT2D eigenvalue weighted by atomic mass is 10.1. The first-order valence-electron chi connectivity index (χ1n) is 6.71. The van der Waals surface area contributed by atoms with Crippen molar-refractivity contribution in [1.29, 1.82) is 0 Å².